The molecule has 0 saturated carbocycles. The summed E-state index contributed by atoms with van der Waals surface area (Å²) in [4.78, 5) is 0. The fourth-order valence-electron chi connectivity index (χ4n) is 0. The van der Waals surface area contributed by atoms with Crippen LogP contribution in [0.5, 0.6) is 0 Å². The predicted molar refractivity (Wildman–Crippen MR) is 26.9 cm³/mol. The minimum Gasteiger partial charge on any atom is -0.689 e. The van der Waals surface area contributed by atoms with Crippen molar-refractivity contribution in [1.29, 1.82) is 0 Å². The van der Waals surface area contributed by atoms with Crippen LogP contribution in [-0.2, 0) is 0 Å². The fourth-order valence-corrected chi connectivity index (χ4v) is 0. The molecule has 4 heteroatoms. The van der Waals surface area contributed by atoms with Gasteiger partial charge in [-0.15, -0.1) is 0 Å². The minimum absolute atomic E-state index is 0. The quantitative estimate of drug-likeness (QED) is 0.481. The van der Waals surface area contributed by atoms with E-state index in [1.807, 2.05) is 13.8 Å². The number of nitrogens with one attached hydrogen (secondary N) is 1. The van der Waals surface area contributed by atoms with Crippen molar-refractivity contribution in [2.24, 2.45) is 5.73 Å². The van der Waals surface area contributed by atoms with Gasteiger partial charge in [-0.25, -0.2) is 6.17 Å². The summed E-state index contributed by atoms with van der Waals surface area (Å²) >= 11 is 0. The third-order valence-electron chi connectivity index (χ3n) is 0.622. The van der Waals surface area contributed by atoms with Crippen molar-refractivity contribution < 1.29 is 71.1 Å². The van der Waals surface area contributed by atoms with Crippen LogP contribution in [0.1, 0.15) is 13.8 Å². The zero-order valence-corrected chi connectivity index (χ0v) is 13.4. The smallest absolute Gasteiger partial charge is 0 e. The van der Waals surface area contributed by atoms with Gasteiger partial charge in [0.2, 0.25) is 0 Å². The van der Waals surface area contributed by atoms with Crippen molar-refractivity contribution in [2.45, 2.75) is 20.0 Å². The van der Waals surface area contributed by atoms with E-state index in [-0.39, 0.29) is 71.1 Å². The van der Waals surface area contributed by atoms with Crippen LogP contribution in [0.2, 0.25) is 0 Å². The second-order valence-corrected chi connectivity index (χ2v) is 1.56. The average molecular weight is 556 g/mol. The third kappa shape index (κ3) is 11.1. The van der Waals surface area contributed by atoms with Gasteiger partial charge in [-0.05, 0) is 0 Å². The molecule has 0 spiro atoms. The van der Waals surface area contributed by atoms with Gasteiger partial charge in [-0.2, -0.15) is 13.8 Å². The molecular formula is C4H10N2ThU-2. The molecule has 0 heterocycles. The topological polar surface area (TPSA) is 49.8 Å². The van der Waals surface area contributed by atoms with E-state index in [1.165, 1.54) is 0 Å². The molecular weight excluding hydrogens is 546 g/mol. The van der Waals surface area contributed by atoms with Gasteiger partial charge in [0.25, 0.3) is 0 Å². The largest absolute Gasteiger partial charge is 0.689 e. The van der Waals surface area contributed by atoms with Crippen molar-refractivity contribution in [2.75, 3.05) is 0 Å². The first-order valence-corrected chi connectivity index (χ1v) is 1.91. The molecule has 0 amide bonds. The van der Waals surface area contributed by atoms with Gasteiger partial charge in [0.05, 0.1) is 0 Å². The van der Waals surface area contributed by atoms with E-state index >= 15 is 0 Å². The molecule has 0 bridgehead atoms. The van der Waals surface area contributed by atoms with E-state index < -0.39 is 6.17 Å². The molecule has 3 N–H and O–H groups in total. The molecule has 0 aromatic heterocycles. The Balaban J connectivity index is -0.000000125. The Morgan fingerprint density at radius 1 is 1.50 bits per heavy atom. The number of rotatable bonds is 1. The van der Waals surface area contributed by atoms with Gasteiger partial charge < -0.3 is 17.4 Å². The summed E-state index contributed by atoms with van der Waals surface area (Å²) < 4.78 is 0. The van der Waals surface area contributed by atoms with Gasteiger partial charge in [0.15, 0.2) is 0 Å². The van der Waals surface area contributed by atoms with Crippen molar-refractivity contribution in [3.8, 4) is 0 Å². The first-order valence-electron chi connectivity index (χ1n) is 1.91. The molecule has 46 valence electrons. The molecule has 0 aliphatic carbocycles. The van der Waals surface area contributed by atoms with Gasteiger partial charge in [0.1, 0.15) is 0 Å². The second-order valence-electron chi connectivity index (χ2n) is 1.56. The third-order valence-corrected chi connectivity index (χ3v) is 0.622. The molecule has 1 atom stereocenters. The molecule has 1 unspecified atom stereocenters. The average Bonchev–Trinajstić information content (AvgIpc) is 1.36. The van der Waals surface area contributed by atoms with Crippen molar-refractivity contribution >= 4 is 0 Å². The zero-order chi connectivity index (χ0) is 5.15. The van der Waals surface area contributed by atoms with Crippen LogP contribution in [0.4, 0.5) is 0 Å². The molecule has 0 rings (SSSR count). The van der Waals surface area contributed by atoms with E-state index in [0.29, 0.717) is 0 Å². The second kappa shape index (κ2) is 9.30. The molecule has 0 aromatic rings. The number of hydrogen-bond acceptors (Lipinski definition) is 1. The van der Waals surface area contributed by atoms with Crippen molar-refractivity contribution in [1.82, 2.24) is 0 Å². The first-order chi connectivity index (χ1) is 2.64. The van der Waals surface area contributed by atoms with E-state index in [0.717, 1.165) is 5.92 Å². The zero-order valence-electron chi connectivity index (χ0n) is 5.15. The maximum atomic E-state index is 6.77. The summed E-state index contributed by atoms with van der Waals surface area (Å²) in [6, 6.07) is 0. The number of hydrogen-bond donors (Lipinski definition) is 1. The molecule has 0 fully saturated rings. The Kier molecular flexibility index (Phi) is 19.4. The molecule has 0 aromatic carbocycles. The first kappa shape index (κ1) is 16.7. The van der Waals surface area contributed by atoms with Crippen LogP contribution < -0.4 is 5.73 Å². The molecule has 0 aliphatic rings. The van der Waals surface area contributed by atoms with Crippen molar-refractivity contribution in [3.05, 3.63) is 11.7 Å². The van der Waals surface area contributed by atoms with Crippen molar-refractivity contribution in [3.63, 3.8) is 0 Å². The van der Waals surface area contributed by atoms with E-state index in [9.17, 15) is 0 Å². The predicted octanol–water partition coefficient (Wildman–Crippen LogP) is 0.938. The summed E-state index contributed by atoms with van der Waals surface area (Å²) in [5.41, 5.74) is 11.8. The Bertz CT molecular complexity index is 35.0. The summed E-state index contributed by atoms with van der Waals surface area (Å²) in [5.74, 6) is 0.954. The molecule has 0 aliphatic heterocycles. The van der Waals surface area contributed by atoms with Gasteiger partial charge >= 0.3 is 0 Å². The maximum Gasteiger partial charge on any atom is 0 e. The Labute approximate surface area is 107 Å². The Morgan fingerprint density at radius 2 is 1.62 bits per heavy atom. The summed E-state index contributed by atoms with van der Waals surface area (Å²) in [6.07, 6.45) is -0.481. The van der Waals surface area contributed by atoms with Crippen LogP contribution in [0.3, 0.4) is 0 Å². The number of nitrogens with two attached hydrogens (primary N) is 1. The Hall–Kier alpha value is 2.30. The van der Waals surface area contributed by atoms with Gasteiger partial charge in [-0.1, -0.05) is 0 Å². The Morgan fingerprint density at radius 3 is 1.62 bits per heavy atom. The molecule has 8 heavy (non-hydrogen) atoms. The molecule has 2 nitrogen and oxygen atoms in total. The minimum atomic E-state index is -0.481. The van der Waals surface area contributed by atoms with Gasteiger partial charge in [-0.3, -0.25) is 0 Å². The monoisotopic (exact) mass is 556 g/mol. The SMILES string of the molecule is C[C-](C)C([NH-])N.[Th].[U]. The van der Waals surface area contributed by atoms with Crippen LogP contribution in [-0.4, -0.2) is 6.17 Å². The summed E-state index contributed by atoms with van der Waals surface area (Å²) in [5, 5.41) is 0. The van der Waals surface area contributed by atoms with E-state index in [2.05, 4.69) is 0 Å². The maximum absolute atomic E-state index is 6.77. The van der Waals surface area contributed by atoms with Crippen LogP contribution in [0.25, 0.3) is 5.73 Å². The van der Waals surface area contributed by atoms with Crippen LogP contribution in [0, 0.1) is 77.0 Å². The van der Waals surface area contributed by atoms with E-state index in [1.54, 1.807) is 0 Å². The molecule has 0 saturated heterocycles. The van der Waals surface area contributed by atoms with Crippen LogP contribution >= 0.6 is 0 Å². The van der Waals surface area contributed by atoms with E-state index in [4.69, 9.17) is 11.5 Å². The normalized spacial score (nSPS) is 11.6. The summed E-state index contributed by atoms with van der Waals surface area (Å²) in [6.45, 7) is 3.69. The summed E-state index contributed by atoms with van der Waals surface area (Å²) in [7, 11) is 0. The van der Waals surface area contributed by atoms with Crippen LogP contribution in [0.15, 0.2) is 0 Å². The fraction of sp³-hybridized carbons (Fsp3) is 0.750. The molecule has 0 radical (unpaired) electrons. The van der Waals surface area contributed by atoms with Gasteiger partial charge in [0, 0.05) is 71.1 Å². The standard InChI is InChI=1S/C4H10N2.Th.U/c1-3(2)4(5)6;;/h4-5H,6H2,1-2H3;;/q-2;;.